The molecule has 128 valence electrons. The Kier molecular flexibility index (Phi) is 4.83. The molecule has 1 aromatic carbocycles. The average molecular weight is 329 g/mol. The Morgan fingerprint density at radius 3 is 2.50 bits per heavy atom. The van der Waals surface area contributed by atoms with Crippen molar-refractivity contribution >= 4 is 17.8 Å². The number of carbonyl (C=O) groups is 3. The number of hydrogen-bond acceptors (Lipinski definition) is 3. The molecule has 3 rings (SSSR count). The molecule has 1 aromatic rings. The molecule has 0 spiro atoms. The summed E-state index contributed by atoms with van der Waals surface area (Å²) in [6.07, 6.45) is 3.39. The fourth-order valence-corrected chi connectivity index (χ4v) is 2.89. The summed E-state index contributed by atoms with van der Waals surface area (Å²) in [6.45, 7) is 3.99. The Bertz CT molecular complexity index is 621. The molecule has 1 aliphatic heterocycles. The summed E-state index contributed by atoms with van der Waals surface area (Å²) in [5.74, 6) is 0.503. The number of urea groups is 1. The fraction of sp³-hybridized carbons (Fsp3) is 0.500. The van der Waals surface area contributed by atoms with Crippen molar-refractivity contribution in [2.75, 3.05) is 19.6 Å². The van der Waals surface area contributed by atoms with Crippen LogP contribution in [0, 0.1) is 5.92 Å². The number of hydrogen-bond donors (Lipinski definition) is 1. The Morgan fingerprint density at radius 2 is 1.96 bits per heavy atom. The molecule has 1 aliphatic carbocycles. The van der Waals surface area contributed by atoms with E-state index in [4.69, 9.17) is 0 Å². The number of imide groups is 1. The van der Waals surface area contributed by atoms with E-state index in [9.17, 15) is 14.4 Å². The van der Waals surface area contributed by atoms with Crippen LogP contribution in [0.1, 0.15) is 42.1 Å². The third kappa shape index (κ3) is 3.75. The second-order valence-electron chi connectivity index (χ2n) is 6.53. The van der Waals surface area contributed by atoms with Crippen LogP contribution in [0.5, 0.6) is 0 Å². The first-order valence-corrected chi connectivity index (χ1v) is 8.55. The molecule has 6 heteroatoms. The van der Waals surface area contributed by atoms with Crippen LogP contribution in [0.2, 0.25) is 0 Å². The van der Waals surface area contributed by atoms with Gasteiger partial charge in [-0.15, -0.1) is 0 Å². The van der Waals surface area contributed by atoms with E-state index in [1.54, 1.807) is 12.1 Å². The van der Waals surface area contributed by atoms with Crippen LogP contribution >= 0.6 is 0 Å². The van der Waals surface area contributed by atoms with E-state index in [1.165, 1.54) is 17.7 Å². The van der Waals surface area contributed by atoms with Crippen molar-refractivity contribution in [1.29, 1.82) is 0 Å². The number of carbonyl (C=O) groups excluding carboxylic acids is 3. The van der Waals surface area contributed by atoms with Crippen LogP contribution in [0.15, 0.2) is 24.3 Å². The molecule has 1 saturated carbocycles. The first kappa shape index (κ1) is 16.5. The SMILES string of the molecule is CCCN(CC1CC1)C(=O)c1ccc(CN2C(=O)CNC2=O)cc1. The molecule has 1 saturated heterocycles. The van der Waals surface area contributed by atoms with Crippen LogP contribution in [0.4, 0.5) is 4.79 Å². The molecular weight excluding hydrogens is 306 g/mol. The van der Waals surface area contributed by atoms with Gasteiger partial charge in [0.25, 0.3) is 5.91 Å². The molecular formula is C18H23N3O3. The number of benzene rings is 1. The zero-order valence-corrected chi connectivity index (χ0v) is 14.0. The largest absolute Gasteiger partial charge is 0.338 e. The molecule has 1 N–H and O–H groups in total. The normalized spacial score (nSPS) is 17.1. The Morgan fingerprint density at radius 1 is 1.25 bits per heavy atom. The van der Waals surface area contributed by atoms with E-state index >= 15 is 0 Å². The van der Waals surface area contributed by atoms with Gasteiger partial charge < -0.3 is 10.2 Å². The fourth-order valence-electron chi connectivity index (χ4n) is 2.89. The van der Waals surface area contributed by atoms with E-state index in [0.29, 0.717) is 11.5 Å². The standard InChI is InChI=1S/C18H23N3O3/c1-2-9-20(11-13-3-4-13)17(23)15-7-5-14(6-8-15)12-21-16(22)10-19-18(21)24/h5-8,13H,2-4,9-12H2,1H3,(H,19,24). The van der Waals surface area contributed by atoms with Gasteiger partial charge in [-0.3, -0.25) is 14.5 Å². The van der Waals surface area contributed by atoms with E-state index in [1.807, 2.05) is 17.0 Å². The molecule has 4 amide bonds. The van der Waals surface area contributed by atoms with Crippen LogP contribution in [0.3, 0.4) is 0 Å². The molecule has 2 aliphatic rings. The molecule has 24 heavy (non-hydrogen) atoms. The van der Waals surface area contributed by atoms with Gasteiger partial charge in [-0.25, -0.2) is 4.79 Å². The third-order valence-electron chi connectivity index (χ3n) is 4.43. The van der Waals surface area contributed by atoms with Crippen LogP contribution in [0.25, 0.3) is 0 Å². The maximum Gasteiger partial charge on any atom is 0.324 e. The van der Waals surface area contributed by atoms with Crippen molar-refractivity contribution in [2.24, 2.45) is 5.92 Å². The molecule has 0 radical (unpaired) electrons. The highest BCUT2D eigenvalue weighted by Crippen LogP contribution is 2.30. The minimum Gasteiger partial charge on any atom is -0.338 e. The van der Waals surface area contributed by atoms with Gasteiger partial charge in [0.15, 0.2) is 0 Å². The predicted octanol–water partition coefficient (Wildman–Crippen LogP) is 2.00. The highest BCUT2D eigenvalue weighted by molar-refractivity contribution is 6.01. The van der Waals surface area contributed by atoms with Crippen molar-refractivity contribution in [2.45, 2.75) is 32.7 Å². The molecule has 0 aromatic heterocycles. The third-order valence-corrected chi connectivity index (χ3v) is 4.43. The van der Waals surface area contributed by atoms with Gasteiger partial charge in [0.1, 0.15) is 0 Å². The lowest BCUT2D eigenvalue weighted by Crippen LogP contribution is -2.33. The molecule has 1 heterocycles. The second kappa shape index (κ2) is 7.03. The van der Waals surface area contributed by atoms with Gasteiger partial charge in [0, 0.05) is 18.7 Å². The van der Waals surface area contributed by atoms with Gasteiger partial charge in [0.2, 0.25) is 5.91 Å². The van der Waals surface area contributed by atoms with Gasteiger partial charge in [-0.1, -0.05) is 19.1 Å². The lowest BCUT2D eigenvalue weighted by Gasteiger charge is -2.22. The van der Waals surface area contributed by atoms with E-state index in [2.05, 4.69) is 12.2 Å². The smallest absolute Gasteiger partial charge is 0.324 e. The van der Waals surface area contributed by atoms with E-state index in [0.717, 1.165) is 25.1 Å². The summed E-state index contributed by atoms with van der Waals surface area (Å²) >= 11 is 0. The summed E-state index contributed by atoms with van der Waals surface area (Å²) in [6, 6.07) is 6.83. The molecule has 0 atom stereocenters. The first-order chi connectivity index (χ1) is 11.6. The minimum atomic E-state index is -0.362. The van der Waals surface area contributed by atoms with E-state index in [-0.39, 0.29) is 30.9 Å². The van der Waals surface area contributed by atoms with Crippen molar-refractivity contribution in [3.63, 3.8) is 0 Å². The molecule has 0 bridgehead atoms. The van der Waals surface area contributed by atoms with Crippen LogP contribution < -0.4 is 5.32 Å². The van der Waals surface area contributed by atoms with Crippen molar-refractivity contribution in [3.8, 4) is 0 Å². The first-order valence-electron chi connectivity index (χ1n) is 8.55. The van der Waals surface area contributed by atoms with Crippen molar-refractivity contribution in [3.05, 3.63) is 35.4 Å². The Labute approximate surface area is 141 Å². The highest BCUT2D eigenvalue weighted by Gasteiger charge is 2.29. The monoisotopic (exact) mass is 329 g/mol. The summed E-state index contributed by atoms with van der Waals surface area (Å²) < 4.78 is 0. The molecule has 2 fully saturated rings. The highest BCUT2D eigenvalue weighted by atomic mass is 16.2. The lowest BCUT2D eigenvalue weighted by molar-refractivity contribution is -0.125. The quantitative estimate of drug-likeness (QED) is 0.778. The zero-order chi connectivity index (χ0) is 17.1. The Balaban J connectivity index is 1.65. The van der Waals surface area contributed by atoms with Gasteiger partial charge in [0.05, 0.1) is 13.1 Å². The van der Waals surface area contributed by atoms with Gasteiger partial charge in [-0.05, 0) is 42.9 Å². The van der Waals surface area contributed by atoms with Crippen LogP contribution in [-0.2, 0) is 11.3 Å². The molecule has 0 unspecified atom stereocenters. The predicted molar refractivity (Wildman–Crippen MR) is 89.3 cm³/mol. The Hall–Kier alpha value is -2.37. The maximum atomic E-state index is 12.7. The topological polar surface area (TPSA) is 69.7 Å². The zero-order valence-electron chi connectivity index (χ0n) is 14.0. The summed E-state index contributed by atoms with van der Waals surface area (Å²) in [5.41, 5.74) is 1.49. The number of amides is 4. The van der Waals surface area contributed by atoms with Gasteiger partial charge >= 0.3 is 6.03 Å². The lowest BCUT2D eigenvalue weighted by atomic mass is 10.1. The summed E-state index contributed by atoms with van der Waals surface area (Å²) in [5, 5.41) is 2.50. The molecule has 6 nitrogen and oxygen atoms in total. The number of nitrogens with one attached hydrogen (secondary N) is 1. The van der Waals surface area contributed by atoms with Crippen molar-refractivity contribution < 1.29 is 14.4 Å². The number of rotatable bonds is 7. The summed E-state index contributed by atoms with van der Waals surface area (Å²) in [7, 11) is 0. The second-order valence-corrected chi connectivity index (χ2v) is 6.53. The van der Waals surface area contributed by atoms with E-state index < -0.39 is 0 Å². The van der Waals surface area contributed by atoms with Gasteiger partial charge in [-0.2, -0.15) is 0 Å². The van der Waals surface area contributed by atoms with Crippen molar-refractivity contribution in [1.82, 2.24) is 15.1 Å². The minimum absolute atomic E-state index is 0.0581. The number of nitrogens with zero attached hydrogens (tertiary/aromatic N) is 2. The average Bonchev–Trinajstić information content (AvgIpc) is 3.35. The maximum absolute atomic E-state index is 12.7. The van der Waals surface area contributed by atoms with Crippen LogP contribution in [-0.4, -0.2) is 47.3 Å². The summed E-state index contributed by atoms with van der Waals surface area (Å²) in [4.78, 5) is 39.0.